The Labute approximate surface area is 175 Å². The number of carbonyl (C=O) groups is 3. The number of rotatable bonds is 3. The van der Waals surface area contributed by atoms with Gasteiger partial charge in [-0.3, -0.25) is 14.4 Å². The Balaban J connectivity index is 1.41. The van der Waals surface area contributed by atoms with Crippen molar-refractivity contribution in [2.75, 3.05) is 32.7 Å². The van der Waals surface area contributed by atoms with Crippen LogP contribution >= 0.6 is 0 Å². The van der Waals surface area contributed by atoms with Gasteiger partial charge in [0.15, 0.2) is 0 Å². The molecule has 0 bridgehead atoms. The standard InChI is InChI=1S/C22H26N4O4/c1-15-13-20(30-23-15)22(29)25-11-9-24(10-12-25)21(28)14-19-18-6-4-3-5-17(18)7-8-26(19)16(2)27/h3-6,13,19H,7-12,14H2,1-2H3. The van der Waals surface area contributed by atoms with Crippen molar-refractivity contribution in [3.05, 3.63) is 52.9 Å². The average Bonchev–Trinajstić information content (AvgIpc) is 3.19. The van der Waals surface area contributed by atoms with Crippen LogP contribution in [0.15, 0.2) is 34.9 Å². The fraction of sp³-hybridized carbons (Fsp3) is 0.455. The van der Waals surface area contributed by atoms with E-state index in [-0.39, 0.29) is 35.9 Å². The van der Waals surface area contributed by atoms with Gasteiger partial charge in [0.2, 0.25) is 17.6 Å². The van der Waals surface area contributed by atoms with Gasteiger partial charge >= 0.3 is 0 Å². The van der Waals surface area contributed by atoms with E-state index in [1.54, 1.807) is 34.6 Å². The van der Waals surface area contributed by atoms with Crippen LogP contribution in [0.3, 0.4) is 0 Å². The molecule has 8 nitrogen and oxygen atoms in total. The topological polar surface area (TPSA) is 87.0 Å². The quantitative estimate of drug-likeness (QED) is 0.770. The van der Waals surface area contributed by atoms with E-state index in [0.29, 0.717) is 38.4 Å². The maximum absolute atomic E-state index is 13.1. The van der Waals surface area contributed by atoms with Crippen molar-refractivity contribution in [1.29, 1.82) is 0 Å². The molecule has 1 aromatic heterocycles. The van der Waals surface area contributed by atoms with E-state index in [0.717, 1.165) is 12.0 Å². The van der Waals surface area contributed by atoms with E-state index in [1.165, 1.54) is 5.56 Å². The molecule has 0 saturated carbocycles. The third kappa shape index (κ3) is 3.94. The summed E-state index contributed by atoms with van der Waals surface area (Å²) in [4.78, 5) is 43.0. The lowest BCUT2D eigenvalue weighted by atomic mass is 9.90. The number of benzene rings is 1. The lowest BCUT2D eigenvalue weighted by Crippen LogP contribution is -2.51. The van der Waals surface area contributed by atoms with Gasteiger partial charge in [-0.15, -0.1) is 0 Å². The van der Waals surface area contributed by atoms with Gasteiger partial charge in [0.25, 0.3) is 5.91 Å². The number of aromatic nitrogens is 1. The van der Waals surface area contributed by atoms with E-state index in [4.69, 9.17) is 4.52 Å². The minimum absolute atomic E-state index is 0.00515. The monoisotopic (exact) mass is 410 g/mol. The van der Waals surface area contributed by atoms with Crippen molar-refractivity contribution in [2.24, 2.45) is 0 Å². The molecule has 30 heavy (non-hydrogen) atoms. The number of amides is 3. The van der Waals surface area contributed by atoms with Crippen molar-refractivity contribution in [1.82, 2.24) is 19.9 Å². The van der Waals surface area contributed by atoms with Crippen molar-refractivity contribution in [3.8, 4) is 0 Å². The third-order valence-corrected chi connectivity index (χ3v) is 5.94. The first-order valence-electron chi connectivity index (χ1n) is 10.3. The van der Waals surface area contributed by atoms with Crippen LogP contribution in [0.2, 0.25) is 0 Å². The smallest absolute Gasteiger partial charge is 0.292 e. The average molecular weight is 410 g/mol. The molecule has 2 aromatic rings. The highest BCUT2D eigenvalue weighted by Crippen LogP contribution is 2.33. The molecule has 1 atom stereocenters. The molecular formula is C22H26N4O4. The van der Waals surface area contributed by atoms with Crippen LogP contribution < -0.4 is 0 Å². The van der Waals surface area contributed by atoms with E-state index >= 15 is 0 Å². The van der Waals surface area contributed by atoms with E-state index < -0.39 is 0 Å². The van der Waals surface area contributed by atoms with Crippen LogP contribution in [0, 0.1) is 6.92 Å². The lowest BCUT2D eigenvalue weighted by Gasteiger charge is -2.39. The fourth-order valence-corrected chi connectivity index (χ4v) is 4.32. The first kappa shape index (κ1) is 20.1. The lowest BCUT2D eigenvalue weighted by molar-refractivity contribution is -0.137. The molecule has 1 unspecified atom stereocenters. The highest BCUT2D eigenvalue weighted by molar-refractivity contribution is 5.91. The van der Waals surface area contributed by atoms with Crippen LogP contribution in [0.1, 0.15) is 46.8 Å². The Bertz CT molecular complexity index is 962. The minimum atomic E-state index is -0.239. The molecule has 0 N–H and O–H groups in total. The summed E-state index contributed by atoms with van der Waals surface area (Å²) in [6.07, 6.45) is 1.06. The first-order valence-corrected chi connectivity index (χ1v) is 10.3. The van der Waals surface area contributed by atoms with Gasteiger partial charge in [-0.25, -0.2) is 0 Å². The summed E-state index contributed by atoms with van der Waals surface area (Å²) < 4.78 is 5.06. The second-order valence-electron chi connectivity index (χ2n) is 7.89. The largest absolute Gasteiger partial charge is 0.351 e. The van der Waals surface area contributed by atoms with Crippen LogP contribution in [0.5, 0.6) is 0 Å². The summed E-state index contributed by atoms with van der Waals surface area (Å²) in [5.74, 6) is 0.0143. The van der Waals surface area contributed by atoms with Gasteiger partial charge < -0.3 is 19.2 Å². The molecule has 3 heterocycles. The summed E-state index contributed by atoms with van der Waals surface area (Å²) in [5.41, 5.74) is 2.92. The van der Waals surface area contributed by atoms with Crippen LogP contribution in [-0.2, 0) is 16.0 Å². The molecule has 1 fully saturated rings. The number of hydrogen-bond acceptors (Lipinski definition) is 5. The van der Waals surface area contributed by atoms with Crippen molar-refractivity contribution in [3.63, 3.8) is 0 Å². The molecule has 1 saturated heterocycles. The Morgan fingerprint density at radius 1 is 1.07 bits per heavy atom. The predicted octanol–water partition coefficient (Wildman–Crippen LogP) is 1.80. The highest BCUT2D eigenvalue weighted by Gasteiger charge is 2.33. The highest BCUT2D eigenvalue weighted by atomic mass is 16.5. The van der Waals surface area contributed by atoms with Gasteiger partial charge in [0, 0.05) is 45.7 Å². The first-order chi connectivity index (χ1) is 14.4. The second kappa shape index (κ2) is 8.30. The summed E-state index contributed by atoms with van der Waals surface area (Å²) in [5, 5.41) is 3.76. The molecule has 0 aliphatic carbocycles. The zero-order valence-corrected chi connectivity index (χ0v) is 17.3. The number of nitrogens with zero attached hydrogens (tertiary/aromatic N) is 4. The molecule has 2 aliphatic heterocycles. The van der Waals surface area contributed by atoms with Crippen molar-refractivity contribution < 1.29 is 18.9 Å². The molecule has 158 valence electrons. The third-order valence-electron chi connectivity index (χ3n) is 5.94. The maximum atomic E-state index is 13.1. The minimum Gasteiger partial charge on any atom is -0.351 e. The molecule has 4 rings (SSSR count). The van der Waals surface area contributed by atoms with Gasteiger partial charge in [-0.1, -0.05) is 29.4 Å². The molecule has 1 aromatic carbocycles. The fourth-order valence-electron chi connectivity index (χ4n) is 4.32. The van der Waals surface area contributed by atoms with E-state index in [1.807, 2.05) is 18.2 Å². The molecule has 3 amide bonds. The molecular weight excluding hydrogens is 384 g/mol. The zero-order valence-electron chi connectivity index (χ0n) is 17.3. The van der Waals surface area contributed by atoms with Crippen LogP contribution in [-0.4, -0.2) is 70.3 Å². The van der Waals surface area contributed by atoms with E-state index in [9.17, 15) is 14.4 Å². The maximum Gasteiger partial charge on any atom is 0.292 e. The molecule has 8 heteroatoms. The van der Waals surface area contributed by atoms with Crippen molar-refractivity contribution in [2.45, 2.75) is 32.7 Å². The normalized spacial score (nSPS) is 18.9. The van der Waals surface area contributed by atoms with Gasteiger partial charge in [0.05, 0.1) is 18.2 Å². The number of aryl methyl sites for hydroxylation is 1. The van der Waals surface area contributed by atoms with Gasteiger partial charge in [-0.05, 0) is 24.5 Å². The summed E-state index contributed by atoms with van der Waals surface area (Å²) in [6.45, 7) is 5.77. The summed E-state index contributed by atoms with van der Waals surface area (Å²) in [7, 11) is 0. The SMILES string of the molecule is CC(=O)N1CCc2ccccc2C1CC(=O)N1CCN(C(=O)c2cc(C)no2)CC1. The Morgan fingerprint density at radius 3 is 2.43 bits per heavy atom. The Morgan fingerprint density at radius 2 is 1.77 bits per heavy atom. The van der Waals surface area contributed by atoms with Crippen LogP contribution in [0.4, 0.5) is 0 Å². The van der Waals surface area contributed by atoms with Crippen LogP contribution in [0.25, 0.3) is 0 Å². The van der Waals surface area contributed by atoms with E-state index in [2.05, 4.69) is 11.2 Å². The van der Waals surface area contributed by atoms with Gasteiger partial charge in [-0.2, -0.15) is 0 Å². The van der Waals surface area contributed by atoms with Crippen molar-refractivity contribution >= 4 is 17.7 Å². The second-order valence-corrected chi connectivity index (χ2v) is 7.89. The summed E-state index contributed by atoms with van der Waals surface area (Å²) in [6, 6.07) is 9.41. The number of fused-ring (bicyclic) bond motifs is 1. The predicted molar refractivity (Wildman–Crippen MR) is 109 cm³/mol. The zero-order chi connectivity index (χ0) is 21.3. The number of hydrogen-bond donors (Lipinski definition) is 0. The Hall–Kier alpha value is -3.16. The Kier molecular flexibility index (Phi) is 5.57. The number of carbonyl (C=O) groups excluding carboxylic acids is 3. The van der Waals surface area contributed by atoms with Gasteiger partial charge in [0.1, 0.15) is 0 Å². The molecule has 0 spiro atoms. The summed E-state index contributed by atoms with van der Waals surface area (Å²) >= 11 is 0. The molecule has 2 aliphatic rings. The number of piperazine rings is 1. The molecule has 0 radical (unpaired) electrons.